The van der Waals surface area contributed by atoms with E-state index < -0.39 is 0 Å². The molecule has 1 heterocycles. The van der Waals surface area contributed by atoms with Crippen LogP contribution in [-0.2, 0) is 0 Å². The first-order valence-electron chi connectivity index (χ1n) is 20.7. The van der Waals surface area contributed by atoms with Crippen LogP contribution in [0.4, 0.5) is 0 Å². The summed E-state index contributed by atoms with van der Waals surface area (Å²) in [6.45, 7) is 0. The molecule has 0 aliphatic rings. The first kappa shape index (κ1) is 34.2. The van der Waals surface area contributed by atoms with Gasteiger partial charge in [-0.15, -0.1) is 0 Å². The molecule has 0 N–H and O–H groups in total. The van der Waals surface area contributed by atoms with Gasteiger partial charge in [-0.25, -0.2) is 4.98 Å². The highest BCUT2D eigenvalue weighted by Crippen LogP contribution is 2.49. The summed E-state index contributed by atoms with van der Waals surface area (Å²) in [6.07, 6.45) is 0. The Morgan fingerprint density at radius 1 is 0.217 bits per heavy atom. The number of benzene rings is 11. The molecule has 0 bridgehead atoms. The number of pyridine rings is 1. The summed E-state index contributed by atoms with van der Waals surface area (Å²) >= 11 is 0. The van der Waals surface area contributed by atoms with Crippen LogP contribution in [0, 0.1) is 0 Å². The molecule has 0 fully saturated rings. The molecule has 0 saturated carbocycles. The zero-order valence-corrected chi connectivity index (χ0v) is 32.8. The van der Waals surface area contributed by atoms with Crippen LogP contribution in [0.25, 0.3) is 121 Å². The molecule has 0 aliphatic carbocycles. The maximum Gasteiger partial charge on any atom is 0.0715 e. The van der Waals surface area contributed by atoms with Gasteiger partial charge in [0.15, 0.2) is 0 Å². The van der Waals surface area contributed by atoms with Crippen molar-refractivity contribution in [2.75, 3.05) is 0 Å². The van der Waals surface area contributed by atoms with Gasteiger partial charge in [-0.05, 0) is 128 Å². The Balaban J connectivity index is 1.23. The molecule has 0 amide bonds. The molecule has 0 atom stereocenters. The minimum atomic E-state index is 0.953. The smallest absolute Gasteiger partial charge is 0.0715 e. The number of fused-ring (bicyclic) bond motifs is 8. The highest BCUT2D eigenvalue weighted by Gasteiger charge is 2.22. The first-order chi connectivity index (χ1) is 29.8. The van der Waals surface area contributed by atoms with Crippen molar-refractivity contribution in [3.05, 3.63) is 224 Å². The van der Waals surface area contributed by atoms with E-state index in [0.29, 0.717) is 0 Å². The van der Waals surface area contributed by atoms with E-state index in [1.165, 1.54) is 86.9 Å². The van der Waals surface area contributed by atoms with E-state index in [1.54, 1.807) is 0 Å². The second-order valence-electron chi connectivity index (χ2n) is 15.8. The highest BCUT2D eigenvalue weighted by atomic mass is 14.7. The molecule has 0 saturated heterocycles. The van der Waals surface area contributed by atoms with E-state index in [-0.39, 0.29) is 0 Å². The van der Waals surface area contributed by atoms with E-state index in [2.05, 4.69) is 224 Å². The Hall–Kier alpha value is -7.87. The average molecular weight is 760 g/mol. The van der Waals surface area contributed by atoms with Gasteiger partial charge in [0.05, 0.1) is 11.4 Å². The van der Waals surface area contributed by atoms with Crippen LogP contribution in [0.2, 0.25) is 0 Å². The minimum Gasteiger partial charge on any atom is -0.248 e. The second kappa shape index (κ2) is 13.9. The topological polar surface area (TPSA) is 12.9 Å². The van der Waals surface area contributed by atoms with E-state index in [9.17, 15) is 0 Å². The molecule has 0 spiro atoms. The Labute approximate surface area is 348 Å². The van der Waals surface area contributed by atoms with Gasteiger partial charge in [0.1, 0.15) is 0 Å². The van der Waals surface area contributed by atoms with Gasteiger partial charge in [0.2, 0.25) is 0 Å². The molecule has 0 radical (unpaired) electrons. The summed E-state index contributed by atoms with van der Waals surface area (Å²) in [7, 11) is 0. The Kier molecular flexibility index (Phi) is 7.92. The molecule has 0 unspecified atom stereocenters. The lowest BCUT2D eigenvalue weighted by atomic mass is 9.81. The normalized spacial score (nSPS) is 11.7. The van der Waals surface area contributed by atoms with Gasteiger partial charge < -0.3 is 0 Å². The Morgan fingerprint density at radius 2 is 0.600 bits per heavy atom. The van der Waals surface area contributed by atoms with Crippen LogP contribution in [0.5, 0.6) is 0 Å². The maximum absolute atomic E-state index is 5.24. The third-order valence-corrected chi connectivity index (χ3v) is 12.4. The molecule has 11 aromatic carbocycles. The summed E-state index contributed by atoms with van der Waals surface area (Å²) in [5.74, 6) is 0. The third kappa shape index (κ3) is 5.51. The number of hydrogen-bond acceptors (Lipinski definition) is 1. The molecule has 12 aromatic rings. The van der Waals surface area contributed by atoms with Crippen LogP contribution < -0.4 is 0 Å². The van der Waals surface area contributed by atoms with E-state index >= 15 is 0 Å². The monoisotopic (exact) mass is 759 g/mol. The van der Waals surface area contributed by atoms with Crippen molar-refractivity contribution in [3.63, 3.8) is 0 Å². The zero-order chi connectivity index (χ0) is 39.6. The van der Waals surface area contributed by atoms with Crippen molar-refractivity contribution >= 4 is 64.6 Å². The molecule has 60 heavy (non-hydrogen) atoms. The molecular formula is C59H37N. The summed E-state index contributed by atoms with van der Waals surface area (Å²) in [4.78, 5) is 5.24. The zero-order valence-electron chi connectivity index (χ0n) is 32.8. The highest BCUT2D eigenvalue weighted by molar-refractivity contribution is 6.28. The Morgan fingerprint density at radius 3 is 1.10 bits per heavy atom. The molecular weight excluding hydrogens is 723 g/mol. The average Bonchev–Trinajstić information content (AvgIpc) is 3.33. The number of rotatable bonds is 5. The van der Waals surface area contributed by atoms with E-state index in [1.807, 2.05) is 0 Å². The van der Waals surface area contributed by atoms with Gasteiger partial charge in [-0.3, -0.25) is 0 Å². The predicted molar refractivity (Wildman–Crippen MR) is 256 cm³/mol. The van der Waals surface area contributed by atoms with Gasteiger partial charge >= 0.3 is 0 Å². The second-order valence-corrected chi connectivity index (χ2v) is 15.8. The quantitative estimate of drug-likeness (QED) is 0.126. The molecule has 12 rings (SSSR count). The molecule has 1 nitrogen and oxygen atoms in total. The fraction of sp³-hybridized carbons (Fsp3) is 0. The number of hydrogen-bond donors (Lipinski definition) is 0. The van der Waals surface area contributed by atoms with Crippen molar-refractivity contribution < 1.29 is 0 Å². The van der Waals surface area contributed by atoms with E-state index in [4.69, 9.17) is 4.98 Å². The standard InChI is InChI=1S/C59H37N/c1-3-17-38(18-4-1)56-36-43(37-57(60-56)39-19-5-2-6-20-39)40-31-32-52-55(33-40)59(54-35-42-22-8-10-24-45(42)47-26-12-14-28-49(47)54)51-30-16-15-29-50(51)58(52)53-34-41-21-7-9-23-44(41)46-25-11-13-27-48(46)53/h1-37H. The van der Waals surface area contributed by atoms with Gasteiger partial charge in [0, 0.05) is 11.1 Å². The third-order valence-electron chi connectivity index (χ3n) is 12.4. The van der Waals surface area contributed by atoms with Gasteiger partial charge in [-0.1, -0.05) is 194 Å². The molecule has 1 aromatic heterocycles. The minimum absolute atomic E-state index is 0.953. The lowest BCUT2D eigenvalue weighted by Gasteiger charge is -2.21. The van der Waals surface area contributed by atoms with Crippen molar-refractivity contribution in [2.45, 2.75) is 0 Å². The van der Waals surface area contributed by atoms with Crippen molar-refractivity contribution in [1.29, 1.82) is 0 Å². The molecule has 0 aliphatic heterocycles. The molecule has 1 heteroatoms. The van der Waals surface area contributed by atoms with Crippen molar-refractivity contribution in [3.8, 4) is 55.9 Å². The van der Waals surface area contributed by atoms with E-state index in [0.717, 1.165) is 33.6 Å². The summed E-state index contributed by atoms with van der Waals surface area (Å²) in [5, 5.41) is 15.0. The fourth-order valence-corrected chi connectivity index (χ4v) is 9.67. The van der Waals surface area contributed by atoms with Gasteiger partial charge in [0.25, 0.3) is 0 Å². The molecule has 278 valence electrons. The fourth-order valence-electron chi connectivity index (χ4n) is 9.67. The SMILES string of the molecule is c1ccc(-c2cc(-c3ccc4c(-c5cc6ccccc6c6ccccc56)c5ccccc5c(-c5cc6ccccc6c6ccccc56)c4c3)cc(-c3ccccc3)n2)cc1. The summed E-state index contributed by atoms with van der Waals surface area (Å²) < 4.78 is 0. The van der Waals surface area contributed by atoms with Crippen LogP contribution in [0.3, 0.4) is 0 Å². The summed E-state index contributed by atoms with van der Waals surface area (Å²) in [5.41, 5.74) is 11.4. The lowest BCUT2D eigenvalue weighted by Crippen LogP contribution is -1.95. The first-order valence-corrected chi connectivity index (χ1v) is 20.7. The van der Waals surface area contributed by atoms with Crippen molar-refractivity contribution in [1.82, 2.24) is 4.98 Å². The van der Waals surface area contributed by atoms with Crippen LogP contribution >= 0.6 is 0 Å². The maximum atomic E-state index is 5.24. The predicted octanol–water partition coefficient (Wildman–Crippen LogP) is 16.3. The van der Waals surface area contributed by atoms with Crippen LogP contribution in [0.15, 0.2) is 224 Å². The lowest BCUT2D eigenvalue weighted by molar-refractivity contribution is 1.32. The number of aromatic nitrogens is 1. The van der Waals surface area contributed by atoms with Crippen LogP contribution in [-0.4, -0.2) is 4.98 Å². The van der Waals surface area contributed by atoms with Crippen molar-refractivity contribution in [2.24, 2.45) is 0 Å². The number of nitrogens with zero attached hydrogens (tertiary/aromatic N) is 1. The largest absolute Gasteiger partial charge is 0.248 e. The van der Waals surface area contributed by atoms with Gasteiger partial charge in [-0.2, -0.15) is 0 Å². The summed E-state index contributed by atoms with van der Waals surface area (Å²) in [6, 6.07) is 82.1. The Bertz CT molecular complexity index is 3580. The van der Waals surface area contributed by atoms with Crippen LogP contribution in [0.1, 0.15) is 0 Å².